The monoisotopic (exact) mass is 430 g/mol. The summed E-state index contributed by atoms with van der Waals surface area (Å²) >= 11 is 7.25. The van der Waals surface area contributed by atoms with Gasteiger partial charge in [-0.15, -0.1) is 10.2 Å². The number of nitrogens with one attached hydrogen (secondary N) is 1. The van der Waals surface area contributed by atoms with Crippen LogP contribution >= 0.6 is 23.4 Å². The van der Waals surface area contributed by atoms with E-state index in [9.17, 15) is 9.59 Å². The summed E-state index contributed by atoms with van der Waals surface area (Å²) in [5.41, 5.74) is 1.93. The number of methoxy groups -OCH3 is 1. The molecule has 0 aliphatic carbocycles. The van der Waals surface area contributed by atoms with Crippen molar-refractivity contribution in [2.75, 3.05) is 18.2 Å². The van der Waals surface area contributed by atoms with Gasteiger partial charge in [0.1, 0.15) is 0 Å². The lowest BCUT2D eigenvalue weighted by molar-refractivity contribution is -0.113. The first-order chi connectivity index (χ1) is 14.0. The third-order valence-corrected chi connectivity index (χ3v) is 5.28. The van der Waals surface area contributed by atoms with Crippen LogP contribution in [0.3, 0.4) is 0 Å². The van der Waals surface area contributed by atoms with Crippen LogP contribution in [-0.4, -0.2) is 39.5 Å². The quantitative estimate of drug-likeness (QED) is 0.448. The molecule has 0 atom stereocenters. The number of thioether (sulfide) groups is 1. The molecule has 0 bridgehead atoms. The predicted molar refractivity (Wildman–Crippen MR) is 113 cm³/mol. The SMILES string of the molecule is CCn1c(SCC(=O)Nc2ccc(C(=O)OC)cc2)nnc1-c1ccc(Cl)cc1. The highest BCUT2D eigenvalue weighted by Gasteiger charge is 2.15. The number of benzene rings is 2. The van der Waals surface area contributed by atoms with Crippen molar-refractivity contribution >= 4 is 40.9 Å². The predicted octanol–water partition coefficient (Wildman–Crippen LogP) is 4.14. The lowest BCUT2D eigenvalue weighted by Gasteiger charge is -2.08. The molecule has 3 rings (SSSR count). The minimum atomic E-state index is -0.422. The van der Waals surface area contributed by atoms with Gasteiger partial charge in [0.25, 0.3) is 0 Å². The third kappa shape index (κ3) is 5.16. The Hall–Kier alpha value is -2.84. The van der Waals surface area contributed by atoms with Gasteiger partial charge in [0, 0.05) is 22.8 Å². The van der Waals surface area contributed by atoms with Crippen LogP contribution in [0.15, 0.2) is 53.7 Å². The molecule has 9 heteroatoms. The number of esters is 1. The fraction of sp³-hybridized carbons (Fsp3) is 0.200. The molecule has 0 radical (unpaired) electrons. The molecule has 0 aliphatic rings. The van der Waals surface area contributed by atoms with Gasteiger partial charge in [-0.05, 0) is 55.5 Å². The number of rotatable bonds is 7. The Kier molecular flexibility index (Phi) is 6.90. The molecule has 1 aromatic heterocycles. The minimum absolute atomic E-state index is 0.178. The van der Waals surface area contributed by atoms with Crippen molar-refractivity contribution in [1.29, 1.82) is 0 Å². The first-order valence-electron chi connectivity index (χ1n) is 8.82. The molecule has 7 nitrogen and oxygen atoms in total. The smallest absolute Gasteiger partial charge is 0.337 e. The van der Waals surface area contributed by atoms with E-state index in [2.05, 4.69) is 20.3 Å². The maximum atomic E-state index is 12.3. The number of anilines is 1. The molecule has 1 N–H and O–H groups in total. The van der Waals surface area contributed by atoms with Crippen LogP contribution in [0.4, 0.5) is 5.69 Å². The number of carbonyl (C=O) groups excluding carboxylic acids is 2. The van der Waals surface area contributed by atoms with Gasteiger partial charge in [-0.1, -0.05) is 23.4 Å². The van der Waals surface area contributed by atoms with E-state index >= 15 is 0 Å². The normalized spacial score (nSPS) is 10.6. The van der Waals surface area contributed by atoms with Crippen molar-refractivity contribution in [1.82, 2.24) is 14.8 Å². The van der Waals surface area contributed by atoms with E-state index in [0.29, 0.717) is 28.0 Å². The fourth-order valence-corrected chi connectivity index (χ4v) is 3.56. The zero-order valence-corrected chi connectivity index (χ0v) is 17.5. The van der Waals surface area contributed by atoms with Crippen LogP contribution in [0.5, 0.6) is 0 Å². The maximum Gasteiger partial charge on any atom is 0.337 e. The molecular weight excluding hydrogens is 412 g/mol. The highest BCUT2D eigenvalue weighted by molar-refractivity contribution is 7.99. The van der Waals surface area contributed by atoms with Crippen molar-refractivity contribution in [3.63, 3.8) is 0 Å². The van der Waals surface area contributed by atoms with E-state index in [1.807, 2.05) is 23.6 Å². The molecule has 150 valence electrons. The van der Waals surface area contributed by atoms with Gasteiger partial charge in [-0.3, -0.25) is 4.79 Å². The largest absolute Gasteiger partial charge is 0.465 e. The van der Waals surface area contributed by atoms with Gasteiger partial charge < -0.3 is 14.6 Å². The van der Waals surface area contributed by atoms with E-state index < -0.39 is 5.97 Å². The highest BCUT2D eigenvalue weighted by Crippen LogP contribution is 2.25. The molecule has 1 heterocycles. The summed E-state index contributed by atoms with van der Waals surface area (Å²) in [6.45, 7) is 2.67. The Labute approximate surface area is 177 Å². The molecular formula is C20H19ClN4O3S. The molecule has 3 aromatic rings. The molecule has 0 saturated carbocycles. The summed E-state index contributed by atoms with van der Waals surface area (Å²) in [7, 11) is 1.32. The number of hydrogen-bond donors (Lipinski definition) is 1. The number of carbonyl (C=O) groups is 2. The summed E-state index contributed by atoms with van der Waals surface area (Å²) in [5.74, 6) is 0.302. The van der Waals surface area contributed by atoms with Crippen LogP contribution in [-0.2, 0) is 16.1 Å². The number of amides is 1. The summed E-state index contributed by atoms with van der Waals surface area (Å²) in [6, 6.07) is 13.9. The van der Waals surface area contributed by atoms with Crippen LogP contribution in [0, 0.1) is 0 Å². The van der Waals surface area contributed by atoms with Gasteiger partial charge in [0.15, 0.2) is 11.0 Å². The van der Waals surface area contributed by atoms with E-state index in [4.69, 9.17) is 11.6 Å². The Balaban J connectivity index is 1.63. The van der Waals surface area contributed by atoms with Crippen molar-refractivity contribution in [2.45, 2.75) is 18.6 Å². The molecule has 2 aromatic carbocycles. The van der Waals surface area contributed by atoms with E-state index in [-0.39, 0.29) is 11.7 Å². The lowest BCUT2D eigenvalue weighted by Crippen LogP contribution is -2.14. The van der Waals surface area contributed by atoms with Gasteiger partial charge in [0.05, 0.1) is 18.4 Å². The fourth-order valence-electron chi connectivity index (χ4n) is 2.63. The Bertz CT molecular complexity index is 1000. The first kappa shape index (κ1) is 20.9. The van der Waals surface area contributed by atoms with E-state index in [0.717, 1.165) is 11.4 Å². The third-order valence-electron chi connectivity index (χ3n) is 4.06. The molecule has 0 spiro atoms. The molecule has 0 fully saturated rings. The Morgan fingerprint density at radius 3 is 2.41 bits per heavy atom. The standard InChI is InChI=1S/C20H19ClN4O3S/c1-3-25-18(13-4-8-15(21)9-5-13)23-24-20(25)29-12-17(26)22-16-10-6-14(7-11-16)19(27)28-2/h4-11H,3,12H2,1-2H3,(H,22,26). The van der Waals surface area contributed by atoms with Crippen LogP contribution in [0.2, 0.25) is 5.02 Å². The summed E-state index contributed by atoms with van der Waals surface area (Å²) in [6.07, 6.45) is 0. The van der Waals surface area contributed by atoms with Gasteiger partial charge in [-0.2, -0.15) is 0 Å². The Morgan fingerprint density at radius 2 is 1.79 bits per heavy atom. The second kappa shape index (κ2) is 9.58. The molecule has 0 aliphatic heterocycles. The van der Waals surface area contributed by atoms with Gasteiger partial charge in [-0.25, -0.2) is 4.79 Å². The number of aromatic nitrogens is 3. The lowest BCUT2D eigenvalue weighted by atomic mass is 10.2. The highest BCUT2D eigenvalue weighted by atomic mass is 35.5. The zero-order valence-electron chi connectivity index (χ0n) is 15.9. The average molecular weight is 431 g/mol. The minimum Gasteiger partial charge on any atom is -0.465 e. The van der Waals surface area contributed by atoms with Crippen LogP contribution < -0.4 is 5.32 Å². The molecule has 29 heavy (non-hydrogen) atoms. The zero-order chi connectivity index (χ0) is 20.8. The maximum absolute atomic E-state index is 12.3. The number of halogens is 1. The molecule has 1 amide bonds. The molecule has 0 saturated heterocycles. The van der Waals surface area contributed by atoms with Crippen LogP contribution in [0.25, 0.3) is 11.4 Å². The van der Waals surface area contributed by atoms with Crippen molar-refractivity contribution in [3.05, 3.63) is 59.1 Å². The van der Waals surface area contributed by atoms with Gasteiger partial charge in [0.2, 0.25) is 5.91 Å². The first-order valence-corrected chi connectivity index (χ1v) is 10.2. The van der Waals surface area contributed by atoms with Crippen LogP contribution in [0.1, 0.15) is 17.3 Å². The summed E-state index contributed by atoms with van der Waals surface area (Å²) in [5, 5.41) is 12.6. The topological polar surface area (TPSA) is 86.1 Å². The van der Waals surface area contributed by atoms with Gasteiger partial charge >= 0.3 is 5.97 Å². The summed E-state index contributed by atoms with van der Waals surface area (Å²) in [4.78, 5) is 23.7. The summed E-state index contributed by atoms with van der Waals surface area (Å²) < 4.78 is 6.61. The van der Waals surface area contributed by atoms with Crippen molar-refractivity contribution < 1.29 is 14.3 Å². The number of hydrogen-bond acceptors (Lipinski definition) is 6. The molecule has 0 unspecified atom stereocenters. The van der Waals surface area contributed by atoms with E-state index in [1.165, 1.54) is 18.9 Å². The Morgan fingerprint density at radius 1 is 1.10 bits per heavy atom. The average Bonchev–Trinajstić information content (AvgIpc) is 3.15. The number of ether oxygens (including phenoxy) is 1. The van der Waals surface area contributed by atoms with E-state index in [1.54, 1.807) is 36.4 Å². The second-order valence-electron chi connectivity index (χ2n) is 5.96. The number of nitrogens with zero attached hydrogens (tertiary/aromatic N) is 3. The second-order valence-corrected chi connectivity index (χ2v) is 7.34. The van der Waals surface area contributed by atoms with Crippen molar-refractivity contribution in [3.8, 4) is 11.4 Å². The van der Waals surface area contributed by atoms with Crippen molar-refractivity contribution in [2.24, 2.45) is 0 Å².